The molecule has 0 aliphatic heterocycles. The summed E-state index contributed by atoms with van der Waals surface area (Å²) < 4.78 is 4.28. The van der Waals surface area contributed by atoms with Gasteiger partial charge in [-0.25, -0.2) is 4.79 Å². The van der Waals surface area contributed by atoms with Gasteiger partial charge in [0, 0.05) is 6.92 Å². The molecule has 0 aliphatic rings. The van der Waals surface area contributed by atoms with Gasteiger partial charge >= 0.3 is 17.9 Å². The second-order valence-corrected chi connectivity index (χ2v) is 4.63. The number of unbranched alkanes of at least 4 members (excludes halogenated alkanes) is 1. The minimum Gasteiger partial charge on any atom is -0.507 e. The molecular weight excluding hydrogens is 304 g/mol. The summed E-state index contributed by atoms with van der Waals surface area (Å²) in [6.07, 6.45) is 2.16. The van der Waals surface area contributed by atoms with Crippen molar-refractivity contribution in [2.24, 2.45) is 11.5 Å². The largest absolute Gasteiger partial charge is 0.507 e. The van der Waals surface area contributed by atoms with Crippen LogP contribution in [0.4, 0.5) is 0 Å². The molecule has 0 saturated heterocycles. The number of phenols is 1. The van der Waals surface area contributed by atoms with Gasteiger partial charge in [-0.05, 0) is 31.5 Å². The molecule has 0 saturated carbocycles. The van der Waals surface area contributed by atoms with E-state index >= 15 is 0 Å². The molecule has 1 aromatic rings. The number of hydrogen-bond donors (Lipinski definition) is 4. The molecular formula is C15H22N2O6. The monoisotopic (exact) mass is 326 g/mol. The highest BCUT2D eigenvalue weighted by Crippen LogP contribution is 2.16. The molecule has 0 spiro atoms. The van der Waals surface area contributed by atoms with Crippen LogP contribution >= 0.6 is 0 Å². The summed E-state index contributed by atoms with van der Waals surface area (Å²) in [4.78, 5) is 31.6. The number of carboxylic acid groups (broad SMARTS) is 1. The minimum atomic E-state index is -0.933. The number of ether oxygens (including phenoxy) is 1. The van der Waals surface area contributed by atoms with Gasteiger partial charge in [0.25, 0.3) is 0 Å². The van der Waals surface area contributed by atoms with Crippen molar-refractivity contribution in [2.75, 3.05) is 6.54 Å². The van der Waals surface area contributed by atoms with Crippen LogP contribution in [0.15, 0.2) is 24.3 Å². The van der Waals surface area contributed by atoms with Crippen molar-refractivity contribution in [3.05, 3.63) is 29.8 Å². The fourth-order valence-electron chi connectivity index (χ4n) is 1.46. The molecule has 1 aromatic carbocycles. The Balaban J connectivity index is 0.000000438. The molecule has 1 rings (SSSR count). The first-order valence-electron chi connectivity index (χ1n) is 6.98. The first kappa shape index (κ1) is 20.6. The van der Waals surface area contributed by atoms with E-state index in [2.05, 4.69) is 4.74 Å². The summed E-state index contributed by atoms with van der Waals surface area (Å²) in [6, 6.07) is 5.14. The second kappa shape index (κ2) is 11.2. The highest BCUT2D eigenvalue weighted by atomic mass is 16.6. The fraction of sp³-hybridized carbons (Fsp3) is 0.400. The highest BCUT2D eigenvalue weighted by Gasteiger charge is 2.13. The molecule has 6 N–H and O–H groups in total. The van der Waals surface area contributed by atoms with Crippen LogP contribution in [0.5, 0.6) is 5.75 Å². The van der Waals surface area contributed by atoms with Crippen LogP contribution in [0.3, 0.4) is 0 Å². The van der Waals surface area contributed by atoms with Crippen molar-refractivity contribution in [2.45, 2.75) is 32.2 Å². The molecule has 0 aliphatic carbocycles. The van der Waals surface area contributed by atoms with Crippen LogP contribution in [0.1, 0.15) is 36.5 Å². The number of carbonyl (C=O) groups excluding carboxylic acids is 2. The Hall–Kier alpha value is -2.45. The predicted octanol–water partition coefficient (Wildman–Crippen LogP) is 0.623. The van der Waals surface area contributed by atoms with Gasteiger partial charge in [-0.3, -0.25) is 9.59 Å². The zero-order valence-corrected chi connectivity index (χ0v) is 12.9. The van der Waals surface area contributed by atoms with Crippen molar-refractivity contribution in [3.8, 4) is 5.75 Å². The molecule has 0 fully saturated rings. The number of benzene rings is 1. The molecule has 1 atom stereocenters. The van der Waals surface area contributed by atoms with E-state index in [0.29, 0.717) is 13.0 Å². The SMILES string of the molecule is CC(=O)OC(=O)c1ccccc1O.NCCCC[C@H](N)C(=O)O. The molecule has 8 heteroatoms. The van der Waals surface area contributed by atoms with Crippen molar-refractivity contribution in [1.29, 1.82) is 0 Å². The first-order valence-corrected chi connectivity index (χ1v) is 6.98. The van der Waals surface area contributed by atoms with Gasteiger partial charge in [0.1, 0.15) is 17.4 Å². The maximum Gasteiger partial charge on any atom is 0.349 e. The van der Waals surface area contributed by atoms with E-state index in [4.69, 9.17) is 16.6 Å². The molecule has 0 aromatic heterocycles. The lowest BCUT2D eigenvalue weighted by atomic mass is 10.1. The third kappa shape index (κ3) is 9.22. The van der Waals surface area contributed by atoms with Gasteiger partial charge in [-0.15, -0.1) is 0 Å². The van der Waals surface area contributed by atoms with Gasteiger partial charge in [0.2, 0.25) is 0 Å². The van der Waals surface area contributed by atoms with Crippen molar-refractivity contribution >= 4 is 17.9 Å². The van der Waals surface area contributed by atoms with E-state index in [0.717, 1.165) is 19.8 Å². The van der Waals surface area contributed by atoms with Gasteiger partial charge in [0.05, 0.1) is 0 Å². The van der Waals surface area contributed by atoms with Gasteiger partial charge in [-0.1, -0.05) is 18.6 Å². The van der Waals surface area contributed by atoms with E-state index < -0.39 is 23.9 Å². The molecule has 0 amide bonds. The van der Waals surface area contributed by atoms with Gasteiger partial charge < -0.3 is 26.4 Å². The summed E-state index contributed by atoms with van der Waals surface area (Å²) in [5.74, 6) is -2.68. The molecule has 0 bridgehead atoms. The second-order valence-electron chi connectivity index (χ2n) is 4.63. The number of aliphatic carboxylic acids is 1. The Morgan fingerprint density at radius 1 is 1.22 bits per heavy atom. The van der Waals surface area contributed by atoms with Crippen LogP contribution in [-0.2, 0) is 14.3 Å². The zero-order valence-electron chi connectivity index (χ0n) is 12.9. The Labute approximate surface area is 134 Å². The number of rotatable bonds is 6. The number of nitrogens with two attached hydrogens (primary N) is 2. The van der Waals surface area contributed by atoms with Crippen molar-refractivity contribution in [1.82, 2.24) is 0 Å². The lowest BCUT2D eigenvalue weighted by Crippen LogP contribution is -2.29. The molecule has 0 radical (unpaired) electrons. The minimum absolute atomic E-state index is 0.0160. The van der Waals surface area contributed by atoms with Crippen molar-refractivity contribution < 1.29 is 29.3 Å². The molecule has 0 heterocycles. The Morgan fingerprint density at radius 2 is 1.83 bits per heavy atom. The Bertz CT molecular complexity index is 532. The number of para-hydroxylation sites is 1. The number of carboxylic acids is 1. The third-order valence-electron chi connectivity index (χ3n) is 2.65. The van der Waals surface area contributed by atoms with E-state index in [1.165, 1.54) is 12.1 Å². The van der Waals surface area contributed by atoms with E-state index in [9.17, 15) is 19.5 Å². The average molecular weight is 326 g/mol. The van der Waals surface area contributed by atoms with Crippen molar-refractivity contribution in [3.63, 3.8) is 0 Å². The van der Waals surface area contributed by atoms with E-state index in [1.807, 2.05) is 0 Å². The highest BCUT2D eigenvalue weighted by molar-refractivity contribution is 5.98. The number of phenolic OH excluding ortho intramolecular Hbond substituents is 1. The van der Waals surface area contributed by atoms with E-state index in [-0.39, 0.29) is 11.3 Å². The van der Waals surface area contributed by atoms with Crippen LogP contribution in [0.2, 0.25) is 0 Å². The number of esters is 2. The van der Waals surface area contributed by atoms with Crippen LogP contribution in [0.25, 0.3) is 0 Å². The van der Waals surface area contributed by atoms with Crippen LogP contribution < -0.4 is 11.5 Å². The molecule has 8 nitrogen and oxygen atoms in total. The lowest BCUT2D eigenvalue weighted by molar-refractivity contribution is -0.139. The van der Waals surface area contributed by atoms with E-state index in [1.54, 1.807) is 12.1 Å². The average Bonchev–Trinajstić information content (AvgIpc) is 2.47. The maximum absolute atomic E-state index is 11.1. The topological polar surface area (TPSA) is 153 Å². The standard InChI is InChI=1S/C9H8O4.C6H14N2O2/c1-6(10)13-9(12)7-4-2-3-5-8(7)11;7-4-2-1-3-5(8)6(9)10/h2-5,11H,1H3;5H,1-4,7-8H2,(H,9,10)/t;5-/m.0/s1. The smallest absolute Gasteiger partial charge is 0.349 e. The van der Waals surface area contributed by atoms with Gasteiger partial charge in [-0.2, -0.15) is 0 Å². The molecule has 23 heavy (non-hydrogen) atoms. The van der Waals surface area contributed by atoms with Crippen LogP contribution in [0, 0.1) is 0 Å². The third-order valence-corrected chi connectivity index (χ3v) is 2.65. The Morgan fingerprint density at radius 3 is 2.30 bits per heavy atom. The normalized spacial score (nSPS) is 10.9. The number of hydrogen-bond acceptors (Lipinski definition) is 7. The molecule has 128 valence electrons. The summed E-state index contributed by atoms with van der Waals surface area (Å²) in [7, 11) is 0. The summed E-state index contributed by atoms with van der Waals surface area (Å²) >= 11 is 0. The summed E-state index contributed by atoms with van der Waals surface area (Å²) in [5, 5.41) is 17.5. The predicted molar refractivity (Wildman–Crippen MR) is 82.7 cm³/mol. The number of carbonyl (C=O) groups is 3. The van der Waals surface area contributed by atoms with Crippen LogP contribution in [-0.4, -0.2) is 40.7 Å². The lowest BCUT2D eigenvalue weighted by Gasteiger charge is -2.03. The quantitative estimate of drug-likeness (QED) is 0.337. The maximum atomic E-state index is 11.1. The Kier molecular flexibility index (Phi) is 9.97. The zero-order chi connectivity index (χ0) is 17.8. The summed E-state index contributed by atoms with van der Waals surface area (Å²) in [5.41, 5.74) is 10.4. The van der Waals surface area contributed by atoms with Gasteiger partial charge in [0.15, 0.2) is 0 Å². The number of aromatic hydroxyl groups is 1. The fourth-order valence-corrected chi connectivity index (χ4v) is 1.46. The summed E-state index contributed by atoms with van der Waals surface area (Å²) in [6.45, 7) is 1.73. The first-order chi connectivity index (χ1) is 10.8. The molecule has 0 unspecified atom stereocenters.